The number of nitrogens with zero attached hydrogens (tertiary/aromatic N) is 2. The average Bonchev–Trinajstić information content (AvgIpc) is 3.43. The Kier molecular flexibility index (Phi) is 6.56. The standard InChI is InChI=1S/C26H16Cl2N4O3S/c27-17-11-9-15(10-12-17)20-14-36-26(30-20)31-23(33)16-5-4-6-18(13-16)29-22-21(28)24(34)32(25(22)35)19-7-2-1-3-8-19/h1-14,29H,(H,30,31,33). The lowest BCUT2D eigenvalue weighted by Gasteiger charge is -2.15. The Morgan fingerprint density at radius 2 is 1.64 bits per heavy atom. The SMILES string of the molecule is O=C(Nc1nc(-c2ccc(Cl)cc2)cs1)c1cccc(NC2=C(Cl)C(=O)N(c3ccccc3)C2=O)c1. The minimum Gasteiger partial charge on any atom is -0.350 e. The van der Waals surface area contributed by atoms with E-state index in [1.54, 1.807) is 66.7 Å². The van der Waals surface area contributed by atoms with Crippen LogP contribution < -0.4 is 15.5 Å². The third-order valence-corrected chi connectivity index (χ3v) is 6.66. The number of carbonyl (C=O) groups is 3. The van der Waals surface area contributed by atoms with E-state index in [2.05, 4.69) is 15.6 Å². The zero-order valence-electron chi connectivity index (χ0n) is 18.4. The number of thiazole rings is 1. The first kappa shape index (κ1) is 23.7. The lowest BCUT2D eigenvalue weighted by Crippen LogP contribution is -2.32. The number of amides is 3. The number of halogens is 2. The van der Waals surface area contributed by atoms with Crippen LogP contribution in [0.4, 0.5) is 16.5 Å². The van der Waals surface area contributed by atoms with Gasteiger partial charge in [-0.05, 0) is 42.5 Å². The minimum absolute atomic E-state index is 0.0596. The summed E-state index contributed by atoms with van der Waals surface area (Å²) in [5.41, 5.74) is 2.71. The minimum atomic E-state index is -0.621. The van der Waals surface area contributed by atoms with Crippen molar-refractivity contribution in [2.45, 2.75) is 0 Å². The first-order valence-corrected chi connectivity index (χ1v) is 12.3. The van der Waals surface area contributed by atoms with Crippen molar-refractivity contribution in [2.24, 2.45) is 0 Å². The zero-order valence-corrected chi connectivity index (χ0v) is 20.7. The number of benzene rings is 3. The molecule has 5 rings (SSSR count). The highest BCUT2D eigenvalue weighted by Crippen LogP contribution is 2.30. The van der Waals surface area contributed by atoms with Crippen LogP contribution >= 0.6 is 34.5 Å². The molecule has 0 radical (unpaired) electrons. The smallest absolute Gasteiger partial charge is 0.283 e. The van der Waals surface area contributed by atoms with E-state index in [1.165, 1.54) is 11.3 Å². The Morgan fingerprint density at radius 1 is 0.889 bits per heavy atom. The summed E-state index contributed by atoms with van der Waals surface area (Å²) in [5, 5.41) is 8.35. The molecule has 3 aromatic carbocycles. The lowest BCUT2D eigenvalue weighted by molar-refractivity contribution is -0.120. The summed E-state index contributed by atoms with van der Waals surface area (Å²) in [6, 6.07) is 22.3. The molecule has 0 unspecified atom stereocenters. The summed E-state index contributed by atoms with van der Waals surface area (Å²) in [6.07, 6.45) is 0. The number of imide groups is 1. The third-order valence-electron chi connectivity index (χ3n) is 5.30. The molecule has 178 valence electrons. The van der Waals surface area contributed by atoms with Gasteiger partial charge in [0.25, 0.3) is 17.7 Å². The number of anilines is 3. The van der Waals surface area contributed by atoms with Gasteiger partial charge in [-0.2, -0.15) is 0 Å². The third kappa shape index (κ3) is 4.74. The van der Waals surface area contributed by atoms with Gasteiger partial charge < -0.3 is 5.32 Å². The highest BCUT2D eigenvalue weighted by Gasteiger charge is 2.38. The molecule has 0 saturated carbocycles. The van der Waals surface area contributed by atoms with Gasteiger partial charge in [-0.25, -0.2) is 9.88 Å². The number of aromatic nitrogens is 1. The van der Waals surface area contributed by atoms with Crippen molar-refractivity contribution in [1.29, 1.82) is 0 Å². The number of hydrogen-bond donors (Lipinski definition) is 2. The second-order valence-corrected chi connectivity index (χ2v) is 9.35. The first-order chi connectivity index (χ1) is 17.4. The van der Waals surface area contributed by atoms with Crippen molar-refractivity contribution in [1.82, 2.24) is 4.98 Å². The van der Waals surface area contributed by atoms with Crippen molar-refractivity contribution < 1.29 is 14.4 Å². The molecule has 0 spiro atoms. The van der Waals surface area contributed by atoms with E-state index >= 15 is 0 Å². The van der Waals surface area contributed by atoms with Gasteiger partial charge in [0.1, 0.15) is 10.7 Å². The predicted molar refractivity (Wildman–Crippen MR) is 142 cm³/mol. The zero-order chi connectivity index (χ0) is 25.2. The number of hydrogen-bond acceptors (Lipinski definition) is 6. The van der Waals surface area contributed by atoms with Gasteiger partial charge in [0.15, 0.2) is 5.13 Å². The van der Waals surface area contributed by atoms with Gasteiger partial charge in [0, 0.05) is 27.2 Å². The predicted octanol–water partition coefficient (Wildman–Crippen LogP) is 6.15. The van der Waals surface area contributed by atoms with Crippen LogP contribution in [0.15, 0.2) is 95.0 Å². The Morgan fingerprint density at radius 3 is 2.39 bits per heavy atom. The molecule has 3 amide bonds. The second kappa shape index (κ2) is 9.94. The number of para-hydroxylation sites is 1. The van der Waals surface area contributed by atoms with Gasteiger partial charge in [-0.15, -0.1) is 11.3 Å². The number of nitrogens with one attached hydrogen (secondary N) is 2. The van der Waals surface area contributed by atoms with Crippen LogP contribution in [0.5, 0.6) is 0 Å². The molecule has 0 fully saturated rings. The topological polar surface area (TPSA) is 91.4 Å². The fourth-order valence-corrected chi connectivity index (χ4v) is 4.61. The van der Waals surface area contributed by atoms with Crippen LogP contribution in [-0.4, -0.2) is 22.7 Å². The van der Waals surface area contributed by atoms with Crippen molar-refractivity contribution in [3.05, 3.63) is 106 Å². The maximum atomic E-state index is 12.9. The van der Waals surface area contributed by atoms with Gasteiger partial charge in [-0.3, -0.25) is 19.7 Å². The quantitative estimate of drug-likeness (QED) is 0.289. The molecule has 1 aromatic heterocycles. The highest BCUT2D eigenvalue weighted by atomic mass is 35.5. The van der Waals surface area contributed by atoms with E-state index in [1.807, 2.05) is 17.5 Å². The van der Waals surface area contributed by atoms with E-state index in [0.29, 0.717) is 27.1 Å². The van der Waals surface area contributed by atoms with Crippen LogP contribution in [0.1, 0.15) is 10.4 Å². The maximum Gasteiger partial charge on any atom is 0.283 e. The van der Waals surface area contributed by atoms with Crippen molar-refractivity contribution in [3.63, 3.8) is 0 Å². The van der Waals surface area contributed by atoms with Crippen LogP contribution in [0.2, 0.25) is 5.02 Å². The van der Waals surface area contributed by atoms with Crippen LogP contribution in [0.3, 0.4) is 0 Å². The fourth-order valence-electron chi connectivity index (χ4n) is 3.56. The molecule has 1 aliphatic heterocycles. The Hall–Kier alpha value is -3.98. The van der Waals surface area contributed by atoms with E-state index < -0.39 is 11.8 Å². The molecule has 7 nitrogen and oxygen atoms in total. The average molecular weight is 535 g/mol. The van der Waals surface area contributed by atoms with Gasteiger partial charge in [-0.1, -0.05) is 59.6 Å². The monoisotopic (exact) mass is 534 g/mol. The number of rotatable bonds is 6. The summed E-state index contributed by atoms with van der Waals surface area (Å²) < 4.78 is 0. The Bertz CT molecular complexity index is 1520. The fraction of sp³-hybridized carbons (Fsp3) is 0. The largest absolute Gasteiger partial charge is 0.350 e. The van der Waals surface area contributed by atoms with Crippen LogP contribution in [0, 0.1) is 0 Å². The van der Waals surface area contributed by atoms with Gasteiger partial charge >= 0.3 is 0 Å². The summed E-state index contributed by atoms with van der Waals surface area (Å²) in [5.74, 6) is -1.58. The summed E-state index contributed by atoms with van der Waals surface area (Å²) >= 11 is 13.4. The molecule has 0 atom stereocenters. The molecule has 1 aliphatic rings. The summed E-state index contributed by atoms with van der Waals surface area (Å²) in [7, 11) is 0. The molecule has 0 saturated heterocycles. The summed E-state index contributed by atoms with van der Waals surface area (Å²) in [4.78, 5) is 43.9. The van der Waals surface area contributed by atoms with E-state index in [0.717, 1.165) is 16.2 Å². The molecule has 2 heterocycles. The Balaban J connectivity index is 1.31. The Labute approximate surface area is 220 Å². The molecule has 0 bridgehead atoms. The molecule has 2 N–H and O–H groups in total. The van der Waals surface area contributed by atoms with E-state index in [-0.39, 0.29) is 16.6 Å². The first-order valence-electron chi connectivity index (χ1n) is 10.6. The van der Waals surface area contributed by atoms with Crippen molar-refractivity contribution >= 4 is 68.8 Å². The molecular weight excluding hydrogens is 519 g/mol. The second-order valence-electron chi connectivity index (χ2n) is 7.67. The molecule has 10 heteroatoms. The number of carbonyl (C=O) groups excluding carboxylic acids is 3. The highest BCUT2D eigenvalue weighted by molar-refractivity contribution is 7.14. The van der Waals surface area contributed by atoms with Gasteiger partial charge in [0.2, 0.25) is 0 Å². The molecular formula is C26H16Cl2N4O3S. The maximum absolute atomic E-state index is 12.9. The molecule has 4 aromatic rings. The van der Waals surface area contributed by atoms with Gasteiger partial charge in [0.05, 0.1) is 11.4 Å². The van der Waals surface area contributed by atoms with Crippen LogP contribution in [0.25, 0.3) is 11.3 Å². The van der Waals surface area contributed by atoms with Crippen LogP contribution in [-0.2, 0) is 9.59 Å². The van der Waals surface area contributed by atoms with E-state index in [9.17, 15) is 14.4 Å². The van der Waals surface area contributed by atoms with E-state index in [4.69, 9.17) is 23.2 Å². The van der Waals surface area contributed by atoms with Crippen molar-refractivity contribution in [2.75, 3.05) is 15.5 Å². The molecule has 0 aliphatic carbocycles. The lowest BCUT2D eigenvalue weighted by atomic mass is 10.2. The summed E-state index contributed by atoms with van der Waals surface area (Å²) in [6.45, 7) is 0. The normalized spacial score (nSPS) is 13.3. The van der Waals surface area contributed by atoms with Crippen molar-refractivity contribution in [3.8, 4) is 11.3 Å². The molecule has 36 heavy (non-hydrogen) atoms.